The summed E-state index contributed by atoms with van der Waals surface area (Å²) >= 11 is 0. The molecule has 2 aliphatic rings. The van der Waals surface area contributed by atoms with Gasteiger partial charge in [0.25, 0.3) is 0 Å². The molecule has 6 heteroatoms. The van der Waals surface area contributed by atoms with Gasteiger partial charge in [-0.15, -0.1) is 0 Å². The Hall–Kier alpha value is -2.21. The van der Waals surface area contributed by atoms with Crippen LogP contribution in [0.5, 0.6) is 0 Å². The van der Waals surface area contributed by atoms with Crippen LogP contribution >= 0.6 is 0 Å². The lowest BCUT2D eigenvalue weighted by molar-refractivity contribution is -0.128. The molecule has 2 aromatic rings. The smallest absolute Gasteiger partial charge is 0.223 e. The second-order valence-electron chi connectivity index (χ2n) is 7.92. The van der Waals surface area contributed by atoms with Crippen LogP contribution in [0.2, 0.25) is 0 Å². The molecular weight excluding hydrogens is 326 g/mol. The van der Waals surface area contributed by atoms with E-state index in [0.717, 1.165) is 50.4 Å². The number of aromatic nitrogens is 3. The average molecular weight is 353 g/mol. The van der Waals surface area contributed by atoms with E-state index < -0.39 is 0 Å². The minimum atomic E-state index is 0.157. The van der Waals surface area contributed by atoms with E-state index in [-0.39, 0.29) is 11.3 Å². The molecule has 0 N–H and O–H groups in total. The zero-order valence-electron chi connectivity index (χ0n) is 15.7. The van der Waals surface area contributed by atoms with Crippen LogP contribution in [0.1, 0.15) is 36.3 Å². The van der Waals surface area contributed by atoms with Crippen molar-refractivity contribution in [1.29, 1.82) is 0 Å². The molecule has 4 heterocycles. The Balaban J connectivity index is 1.35. The van der Waals surface area contributed by atoms with E-state index >= 15 is 0 Å². The summed E-state index contributed by atoms with van der Waals surface area (Å²) in [5.41, 5.74) is 3.40. The predicted octanol–water partition coefficient (Wildman–Crippen LogP) is 2.14. The topological polar surface area (TPSA) is 54.3 Å². The second-order valence-corrected chi connectivity index (χ2v) is 7.92. The fourth-order valence-electron chi connectivity index (χ4n) is 4.31. The first-order valence-electron chi connectivity index (χ1n) is 9.43. The lowest BCUT2D eigenvalue weighted by Gasteiger charge is -2.38. The molecule has 0 aliphatic carbocycles. The third kappa shape index (κ3) is 3.51. The van der Waals surface area contributed by atoms with Gasteiger partial charge in [0.05, 0.1) is 17.9 Å². The molecule has 26 heavy (non-hydrogen) atoms. The van der Waals surface area contributed by atoms with Gasteiger partial charge in [0, 0.05) is 38.4 Å². The number of piperidine rings is 1. The van der Waals surface area contributed by atoms with Gasteiger partial charge in [0.15, 0.2) is 0 Å². The summed E-state index contributed by atoms with van der Waals surface area (Å²) in [6.45, 7) is 6.55. The number of nitrogens with zero attached hydrogens (tertiary/aromatic N) is 5. The number of aryl methyl sites for hydroxylation is 2. The van der Waals surface area contributed by atoms with Crippen LogP contribution in [0.3, 0.4) is 0 Å². The number of rotatable bonds is 4. The Morgan fingerprint density at radius 2 is 1.96 bits per heavy atom. The first-order valence-corrected chi connectivity index (χ1v) is 9.43. The van der Waals surface area contributed by atoms with Crippen LogP contribution in [0.25, 0.3) is 0 Å². The predicted molar refractivity (Wildman–Crippen MR) is 99.2 cm³/mol. The summed E-state index contributed by atoms with van der Waals surface area (Å²) in [5, 5.41) is 4.25. The third-order valence-electron chi connectivity index (χ3n) is 5.93. The van der Waals surface area contributed by atoms with E-state index in [1.165, 1.54) is 5.69 Å². The average Bonchev–Trinajstić information content (AvgIpc) is 3.14. The van der Waals surface area contributed by atoms with Crippen molar-refractivity contribution in [2.45, 2.75) is 39.3 Å². The maximum absolute atomic E-state index is 12.6. The van der Waals surface area contributed by atoms with E-state index in [1.807, 2.05) is 47.9 Å². The Morgan fingerprint density at radius 1 is 1.15 bits per heavy atom. The number of carbonyl (C=O) groups is 1. The van der Waals surface area contributed by atoms with Crippen molar-refractivity contribution in [3.05, 3.63) is 47.5 Å². The van der Waals surface area contributed by atoms with Gasteiger partial charge in [-0.05, 0) is 56.5 Å². The number of likely N-dealkylation sites (tertiary alicyclic amines) is 2. The molecule has 1 spiro atoms. The van der Waals surface area contributed by atoms with Crippen molar-refractivity contribution >= 4 is 5.91 Å². The van der Waals surface area contributed by atoms with Crippen molar-refractivity contribution < 1.29 is 4.79 Å². The number of amides is 1. The third-order valence-corrected chi connectivity index (χ3v) is 5.93. The molecule has 2 saturated heterocycles. The maximum Gasteiger partial charge on any atom is 0.223 e. The Bertz CT molecular complexity index is 791. The summed E-state index contributed by atoms with van der Waals surface area (Å²) in [4.78, 5) is 21.6. The molecule has 2 fully saturated rings. The molecule has 0 radical (unpaired) electrons. The fraction of sp³-hybridized carbons (Fsp3) is 0.550. The number of carbonyl (C=O) groups excluding carboxylic acids is 1. The van der Waals surface area contributed by atoms with E-state index in [0.29, 0.717) is 13.0 Å². The van der Waals surface area contributed by atoms with Gasteiger partial charge in [0.2, 0.25) is 5.91 Å². The zero-order chi connectivity index (χ0) is 18.1. The molecule has 4 rings (SSSR count). The number of hydrogen-bond acceptors (Lipinski definition) is 4. The van der Waals surface area contributed by atoms with Crippen LogP contribution in [0.4, 0.5) is 0 Å². The molecule has 0 bridgehead atoms. The molecule has 2 aromatic heterocycles. The van der Waals surface area contributed by atoms with Gasteiger partial charge in [-0.25, -0.2) is 0 Å². The molecule has 0 saturated carbocycles. The minimum Gasteiger partial charge on any atom is -0.336 e. The van der Waals surface area contributed by atoms with Gasteiger partial charge in [-0.2, -0.15) is 5.10 Å². The molecule has 0 atom stereocenters. The molecule has 138 valence electrons. The second kappa shape index (κ2) is 6.83. The van der Waals surface area contributed by atoms with Gasteiger partial charge < -0.3 is 4.90 Å². The van der Waals surface area contributed by atoms with Gasteiger partial charge in [-0.3, -0.25) is 19.4 Å². The highest BCUT2D eigenvalue weighted by Gasteiger charge is 2.44. The lowest BCUT2D eigenvalue weighted by atomic mass is 9.77. The first-order chi connectivity index (χ1) is 12.5. The quantitative estimate of drug-likeness (QED) is 0.845. The first kappa shape index (κ1) is 17.2. The van der Waals surface area contributed by atoms with E-state index in [2.05, 4.69) is 21.0 Å². The normalized spacial score (nSPS) is 20.2. The highest BCUT2D eigenvalue weighted by molar-refractivity contribution is 5.79. The van der Waals surface area contributed by atoms with Crippen LogP contribution in [0.15, 0.2) is 30.5 Å². The van der Waals surface area contributed by atoms with E-state index in [1.54, 1.807) is 0 Å². The Labute approximate surface area is 154 Å². The minimum absolute atomic E-state index is 0.157. The van der Waals surface area contributed by atoms with Crippen molar-refractivity contribution in [3.8, 4) is 0 Å². The number of pyridine rings is 1. The lowest BCUT2D eigenvalue weighted by Crippen LogP contribution is -2.41. The molecule has 2 aliphatic heterocycles. The monoisotopic (exact) mass is 353 g/mol. The molecule has 1 amide bonds. The molecular formula is C20H27N5O. The van der Waals surface area contributed by atoms with E-state index in [9.17, 15) is 4.79 Å². The highest BCUT2D eigenvalue weighted by Crippen LogP contribution is 2.41. The molecule has 0 unspecified atom stereocenters. The van der Waals surface area contributed by atoms with Gasteiger partial charge in [0.1, 0.15) is 0 Å². The van der Waals surface area contributed by atoms with Crippen molar-refractivity contribution in [1.82, 2.24) is 24.6 Å². The summed E-state index contributed by atoms with van der Waals surface area (Å²) in [6.07, 6.45) is 4.73. The van der Waals surface area contributed by atoms with Crippen LogP contribution in [-0.4, -0.2) is 50.1 Å². The van der Waals surface area contributed by atoms with Crippen LogP contribution in [-0.2, 0) is 24.9 Å². The van der Waals surface area contributed by atoms with Gasteiger partial charge >= 0.3 is 0 Å². The highest BCUT2D eigenvalue weighted by atomic mass is 16.2. The van der Waals surface area contributed by atoms with Gasteiger partial charge in [-0.1, -0.05) is 6.07 Å². The summed E-state index contributed by atoms with van der Waals surface area (Å²) in [7, 11) is 1.99. The van der Waals surface area contributed by atoms with Crippen molar-refractivity contribution in [3.63, 3.8) is 0 Å². The largest absolute Gasteiger partial charge is 0.336 e. The van der Waals surface area contributed by atoms with E-state index in [4.69, 9.17) is 0 Å². The summed E-state index contributed by atoms with van der Waals surface area (Å²) in [6, 6.07) is 8.11. The summed E-state index contributed by atoms with van der Waals surface area (Å²) in [5.74, 6) is 0.286. The Morgan fingerprint density at radius 3 is 2.65 bits per heavy atom. The SMILES string of the molecule is Cc1cccc(CN2CC3(CCN(Cc4ccnn4C)CC3)CC2=O)n1. The maximum atomic E-state index is 12.6. The van der Waals surface area contributed by atoms with Crippen LogP contribution < -0.4 is 0 Å². The standard InChI is InChI=1S/C20H27N5O/c1-16-4-3-5-17(22-16)13-25-15-20(12-19(25)26)7-10-24(11-8-20)14-18-6-9-21-23(18)2/h3-6,9H,7-8,10-15H2,1-2H3. The zero-order valence-corrected chi connectivity index (χ0v) is 15.7. The van der Waals surface area contributed by atoms with Crippen molar-refractivity contribution in [2.24, 2.45) is 12.5 Å². The molecule has 0 aromatic carbocycles. The number of hydrogen-bond donors (Lipinski definition) is 0. The Kier molecular flexibility index (Phi) is 4.53. The summed E-state index contributed by atoms with van der Waals surface area (Å²) < 4.78 is 1.94. The fourth-order valence-corrected chi connectivity index (χ4v) is 4.31. The van der Waals surface area contributed by atoms with Crippen LogP contribution in [0, 0.1) is 12.3 Å². The molecule has 6 nitrogen and oxygen atoms in total. The van der Waals surface area contributed by atoms with Crippen molar-refractivity contribution in [2.75, 3.05) is 19.6 Å².